The number of hydrogen-bond acceptors (Lipinski definition) is 5. The third-order valence-electron chi connectivity index (χ3n) is 11.6. The van der Waals surface area contributed by atoms with E-state index in [2.05, 4.69) is 127 Å². The first-order valence-corrected chi connectivity index (χ1v) is 19.2. The van der Waals surface area contributed by atoms with Crippen molar-refractivity contribution in [2.75, 3.05) is 0 Å². The second-order valence-corrected chi connectivity index (χ2v) is 14.7. The first-order chi connectivity index (χ1) is 28.8. The van der Waals surface area contributed by atoms with E-state index in [1.165, 1.54) is 0 Å². The van der Waals surface area contributed by atoms with Crippen molar-refractivity contribution in [1.82, 2.24) is 45.5 Å². The lowest BCUT2D eigenvalue weighted by Gasteiger charge is -2.21. The Morgan fingerprint density at radius 3 is 2.21 bits per heavy atom. The third-order valence-corrected chi connectivity index (χ3v) is 11.6. The van der Waals surface area contributed by atoms with Gasteiger partial charge in [0, 0.05) is 72.2 Å². The van der Waals surface area contributed by atoms with Crippen molar-refractivity contribution in [3.63, 3.8) is 0 Å². The molecule has 58 heavy (non-hydrogen) atoms. The Labute approximate surface area is 327 Å². The molecule has 13 rings (SSSR count). The number of aromatic amines is 5. The quantitative estimate of drug-likeness (QED) is 0.119. The summed E-state index contributed by atoms with van der Waals surface area (Å²) in [4.78, 5) is 16.6. The summed E-state index contributed by atoms with van der Waals surface area (Å²) in [5.41, 5.74) is 15.0. The Morgan fingerprint density at radius 2 is 1.29 bits per heavy atom. The lowest BCUT2D eigenvalue weighted by atomic mass is 9.82. The first-order valence-electron chi connectivity index (χ1n) is 19.2. The second kappa shape index (κ2) is 11.6. The lowest BCUT2D eigenvalue weighted by molar-refractivity contribution is 0.669. The molecule has 0 radical (unpaired) electrons. The van der Waals surface area contributed by atoms with Gasteiger partial charge in [-0.25, -0.2) is 4.98 Å². The molecule has 0 aliphatic heterocycles. The molecule has 0 bridgehead atoms. The fraction of sp³-hybridized carbons (Fsp3) is 0. The summed E-state index contributed by atoms with van der Waals surface area (Å²) in [5, 5.41) is 27.3. The lowest BCUT2D eigenvalue weighted by Crippen LogP contribution is -1.99. The zero-order chi connectivity index (χ0) is 37.9. The molecule has 6 aromatic heterocycles. The van der Waals surface area contributed by atoms with Crippen LogP contribution in [-0.2, 0) is 0 Å². The van der Waals surface area contributed by atoms with Gasteiger partial charge in [-0.2, -0.15) is 5.10 Å². The van der Waals surface area contributed by atoms with Gasteiger partial charge < -0.3 is 19.4 Å². The van der Waals surface area contributed by atoms with Crippen LogP contribution in [0.5, 0.6) is 0 Å². The molecule has 7 aromatic carbocycles. The normalized spacial score (nSPS) is 12.1. The van der Waals surface area contributed by atoms with E-state index in [0.29, 0.717) is 5.82 Å². The summed E-state index contributed by atoms with van der Waals surface area (Å²) in [6.07, 6.45) is 2.05. The summed E-state index contributed by atoms with van der Waals surface area (Å²) in [5.74, 6) is 0.706. The van der Waals surface area contributed by atoms with Gasteiger partial charge in [-0.3, -0.25) is 10.2 Å². The maximum absolute atomic E-state index is 6.54. The van der Waals surface area contributed by atoms with E-state index in [9.17, 15) is 0 Å². The number of imidazole rings is 1. The smallest absolute Gasteiger partial charge is 0.139 e. The molecular weight excluding hydrogens is 719 g/mol. The minimum absolute atomic E-state index is 0.706. The van der Waals surface area contributed by atoms with Crippen LogP contribution in [0.3, 0.4) is 0 Å². The van der Waals surface area contributed by atoms with Crippen LogP contribution in [-0.4, -0.2) is 45.5 Å². The Bertz CT molecular complexity index is 3710. The SMILES string of the molecule is c1ccc2[nH]c(-c3c(-c4cccc5[nH]nnc45)c(-c4nc5ccccc5[nH]4)c(-c4cccc5oc6ccccc6c45)c4[nH]nc(-c5[nH]cc6ccccc56)c34)cc2c1. The van der Waals surface area contributed by atoms with Gasteiger partial charge in [0.15, 0.2) is 0 Å². The molecule has 0 spiro atoms. The first kappa shape index (κ1) is 31.0. The second-order valence-electron chi connectivity index (χ2n) is 14.7. The number of benzene rings is 7. The molecule has 13 aromatic rings. The molecule has 5 N–H and O–H groups in total. The highest BCUT2D eigenvalue weighted by atomic mass is 16.3. The Balaban J connectivity index is 1.32. The van der Waals surface area contributed by atoms with Crippen molar-refractivity contribution < 1.29 is 4.42 Å². The molecule has 10 nitrogen and oxygen atoms in total. The fourth-order valence-electron chi connectivity index (χ4n) is 9.10. The van der Waals surface area contributed by atoms with Crippen molar-refractivity contribution in [2.45, 2.75) is 0 Å². The maximum atomic E-state index is 6.54. The highest BCUT2D eigenvalue weighted by Gasteiger charge is 2.32. The number of H-pyrrole nitrogens is 5. The number of nitrogens with one attached hydrogen (secondary N) is 5. The number of fused-ring (bicyclic) bond motifs is 8. The molecule has 0 aliphatic rings. The van der Waals surface area contributed by atoms with Gasteiger partial charge in [-0.15, -0.1) is 5.10 Å². The third kappa shape index (κ3) is 4.30. The molecule has 0 amide bonds. The van der Waals surface area contributed by atoms with E-state index in [1.54, 1.807) is 0 Å². The molecule has 0 saturated carbocycles. The summed E-state index contributed by atoms with van der Waals surface area (Å²) >= 11 is 0. The minimum atomic E-state index is 0.706. The molecule has 0 unspecified atom stereocenters. The zero-order valence-electron chi connectivity index (χ0n) is 30.6. The Kier molecular flexibility index (Phi) is 6.22. The van der Waals surface area contributed by atoms with Crippen molar-refractivity contribution in [3.8, 4) is 56.3 Å². The van der Waals surface area contributed by atoms with Crippen LogP contribution < -0.4 is 0 Å². The van der Waals surface area contributed by atoms with Crippen LogP contribution in [0, 0.1) is 0 Å². The molecule has 0 saturated heterocycles. The number of aromatic nitrogens is 9. The summed E-state index contributed by atoms with van der Waals surface area (Å²) < 4.78 is 6.54. The van der Waals surface area contributed by atoms with E-state index < -0.39 is 0 Å². The van der Waals surface area contributed by atoms with Crippen LogP contribution in [0.25, 0.3) is 133 Å². The van der Waals surface area contributed by atoms with Crippen molar-refractivity contribution >= 4 is 76.6 Å². The predicted molar refractivity (Wildman–Crippen MR) is 231 cm³/mol. The maximum Gasteiger partial charge on any atom is 0.139 e. The van der Waals surface area contributed by atoms with Gasteiger partial charge in [-0.1, -0.05) is 102 Å². The van der Waals surface area contributed by atoms with Crippen LogP contribution >= 0.6 is 0 Å². The Hall–Kier alpha value is -8.24. The van der Waals surface area contributed by atoms with Gasteiger partial charge in [0.05, 0.1) is 27.8 Å². The average Bonchev–Trinajstić information content (AvgIpc) is 4.13. The largest absolute Gasteiger partial charge is 0.456 e. The van der Waals surface area contributed by atoms with Crippen molar-refractivity contribution in [1.29, 1.82) is 0 Å². The number of furan rings is 1. The Morgan fingerprint density at radius 1 is 0.534 bits per heavy atom. The van der Waals surface area contributed by atoms with Crippen molar-refractivity contribution in [3.05, 3.63) is 146 Å². The van der Waals surface area contributed by atoms with E-state index in [4.69, 9.17) is 19.6 Å². The van der Waals surface area contributed by atoms with Crippen molar-refractivity contribution in [2.24, 2.45) is 0 Å². The standard InChI is InChI=1S/C48H29N9O/c1-3-13-27-26(12-1)24-49-45(27)47-43-41(35-23-25-11-2-5-17-31(25)50-35)39(30-16-9-20-34-44(30)56-57-53-34)42(48-51-32-18-6-7-19-33(32)52-48)40(46(43)54-55-47)29-15-10-22-37-38(29)28-14-4-8-21-36(28)58-37/h1-24,49-50H,(H,51,52)(H,54,55)(H,53,56,57). The van der Waals surface area contributed by atoms with E-state index in [0.717, 1.165) is 127 Å². The van der Waals surface area contributed by atoms with Crippen LogP contribution in [0.2, 0.25) is 0 Å². The highest BCUT2D eigenvalue weighted by Crippen LogP contribution is 2.54. The summed E-state index contributed by atoms with van der Waals surface area (Å²) in [6.45, 7) is 0. The van der Waals surface area contributed by atoms with Gasteiger partial charge in [0.2, 0.25) is 0 Å². The highest BCUT2D eigenvalue weighted by molar-refractivity contribution is 6.25. The topological polar surface area (TPSA) is 144 Å². The van der Waals surface area contributed by atoms with Crippen LogP contribution in [0.1, 0.15) is 0 Å². The summed E-state index contributed by atoms with van der Waals surface area (Å²) in [6, 6.07) is 47.8. The molecule has 6 heterocycles. The fourth-order valence-corrected chi connectivity index (χ4v) is 9.10. The number of rotatable bonds is 5. The number of nitrogens with zero attached hydrogens (tertiary/aromatic N) is 4. The molecule has 272 valence electrons. The van der Waals surface area contributed by atoms with E-state index in [-0.39, 0.29) is 0 Å². The van der Waals surface area contributed by atoms with E-state index in [1.807, 2.05) is 48.7 Å². The molecule has 0 aliphatic carbocycles. The van der Waals surface area contributed by atoms with Crippen LogP contribution in [0.15, 0.2) is 150 Å². The number of para-hydroxylation sites is 4. The minimum Gasteiger partial charge on any atom is -0.456 e. The van der Waals surface area contributed by atoms with E-state index >= 15 is 0 Å². The van der Waals surface area contributed by atoms with Gasteiger partial charge in [-0.05, 0) is 53.4 Å². The molecular formula is C48H29N9O. The average molecular weight is 748 g/mol. The zero-order valence-corrected chi connectivity index (χ0v) is 30.6. The summed E-state index contributed by atoms with van der Waals surface area (Å²) in [7, 11) is 0. The van der Waals surface area contributed by atoms with Gasteiger partial charge >= 0.3 is 0 Å². The molecule has 10 heteroatoms. The molecule has 0 fully saturated rings. The monoisotopic (exact) mass is 747 g/mol. The van der Waals surface area contributed by atoms with Gasteiger partial charge in [0.25, 0.3) is 0 Å². The molecule has 0 atom stereocenters. The van der Waals surface area contributed by atoms with Crippen LogP contribution in [0.4, 0.5) is 0 Å². The number of hydrogen-bond donors (Lipinski definition) is 5. The van der Waals surface area contributed by atoms with Gasteiger partial charge in [0.1, 0.15) is 28.2 Å². The predicted octanol–water partition coefficient (Wildman–Crippen LogP) is 11.9.